The summed E-state index contributed by atoms with van der Waals surface area (Å²) in [6.45, 7) is 2.54. The third kappa shape index (κ3) is 3.19. The van der Waals surface area contributed by atoms with Gasteiger partial charge in [-0.05, 0) is 37.0 Å². The second kappa shape index (κ2) is 6.49. The van der Waals surface area contributed by atoms with E-state index < -0.39 is 11.6 Å². The molecule has 6 nitrogen and oxygen atoms in total. The van der Waals surface area contributed by atoms with E-state index in [2.05, 4.69) is 10.6 Å². The summed E-state index contributed by atoms with van der Waals surface area (Å²) in [5, 5.41) is 16.2. The van der Waals surface area contributed by atoms with Crippen molar-refractivity contribution in [3.63, 3.8) is 0 Å². The smallest absolute Gasteiger partial charge is 0.319 e. The molecule has 3 N–H and O–H groups in total. The number of pyridine rings is 1. The van der Waals surface area contributed by atoms with Gasteiger partial charge in [-0.15, -0.1) is 0 Å². The molecule has 6 heteroatoms. The van der Waals surface area contributed by atoms with Crippen LogP contribution in [0.5, 0.6) is 0 Å². The molecule has 1 unspecified atom stereocenters. The first-order chi connectivity index (χ1) is 11.5. The Hall–Kier alpha value is -2.60. The number of hydrogen-bond donors (Lipinski definition) is 3. The highest BCUT2D eigenvalue weighted by molar-refractivity contribution is 5.89. The fourth-order valence-corrected chi connectivity index (χ4v) is 3.11. The molecular weight excluding hydrogens is 306 g/mol. The number of carbonyl (C=O) groups is 1. The first kappa shape index (κ1) is 16.3. The molecule has 0 radical (unpaired) electrons. The molecule has 0 aliphatic heterocycles. The second-order valence-corrected chi connectivity index (χ2v) is 6.04. The highest BCUT2D eigenvalue weighted by Crippen LogP contribution is 2.36. The van der Waals surface area contributed by atoms with Crippen LogP contribution in [0.2, 0.25) is 0 Å². The molecule has 1 atom stereocenters. The van der Waals surface area contributed by atoms with Crippen molar-refractivity contribution in [1.29, 1.82) is 0 Å². The van der Waals surface area contributed by atoms with Gasteiger partial charge < -0.3 is 20.3 Å². The van der Waals surface area contributed by atoms with Gasteiger partial charge in [-0.1, -0.05) is 24.3 Å². The molecule has 3 rings (SSSR count). The van der Waals surface area contributed by atoms with Crippen molar-refractivity contribution < 1.29 is 9.90 Å². The third-order valence-corrected chi connectivity index (χ3v) is 4.45. The van der Waals surface area contributed by atoms with E-state index in [-0.39, 0.29) is 12.1 Å². The molecule has 1 aromatic carbocycles. The monoisotopic (exact) mass is 327 g/mol. The van der Waals surface area contributed by atoms with E-state index in [1.54, 1.807) is 12.3 Å². The Labute approximate surface area is 140 Å². The molecule has 0 spiro atoms. The average Bonchev–Trinajstić information content (AvgIpc) is 2.93. The number of fused-ring (bicyclic) bond motifs is 1. The molecule has 24 heavy (non-hydrogen) atoms. The van der Waals surface area contributed by atoms with Crippen molar-refractivity contribution in [2.45, 2.75) is 31.9 Å². The fraction of sp³-hybridized carbons (Fsp3) is 0.333. The van der Waals surface area contributed by atoms with Gasteiger partial charge in [-0.3, -0.25) is 4.79 Å². The van der Waals surface area contributed by atoms with E-state index in [9.17, 15) is 14.7 Å². The average molecular weight is 327 g/mol. The van der Waals surface area contributed by atoms with Crippen molar-refractivity contribution >= 4 is 11.7 Å². The zero-order chi connectivity index (χ0) is 17.2. The first-order valence-corrected chi connectivity index (χ1v) is 8.08. The number of rotatable bonds is 4. The van der Waals surface area contributed by atoms with Crippen LogP contribution < -0.4 is 16.2 Å². The van der Waals surface area contributed by atoms with Gasteiger partial charge in [0.15, 0.2) is 0 Å². The van der Waals surface area contributed by atoms with Gasteiger partial charge in [0.2, 0.25) is 0 Å². The summed E-state index contributed by atoms with van der Waals surface area (Å²) in [5.74, 6) is 0. The second-order valence-electron chi connectivity index (χ2n) is 6.04. The first-order valence-electron chi connectivity index (χ1n) is 8.08. The zero-order valence-corrected chi connectivity index (χ0v) is 13.6. The van der Waals surface area contributed by atoms with Crippen molar-refractivity contribution in [2.75, 3.05) is 11.9 Å². The highest BCUT2D eigenvalue weighted by Gasteiger charge is 2.36. The summed E-state index contributed by atoms with van der Waals surface area (Å²) in [4.78, 5) is 23.6. The maximum absolute atomic E-state index is 12.1. The predicted molar refractivity (Wildman–Crippen MR) is 92.1 cm³/mol. The van der Waals surface area contributed by atoms with Crippen LogP contribution in [0, 0.1) is 0 Å². The number of anilines is 1. The SMILES string of the molecule is CCn1cc(NC(=O)NCC2(O)CCc3ccccc32)ccc1=O. The largest absolute Gasteiger partial charge is 0.383 e. The van der Waals surface area contributed by atoms with E-state index in [0.717, 1.165) is 17.5 Å². The van der Waals surface area contributed by atoms with E-state index >= 15 is 0 Å². The summed E-state index contributed by atoms with van der Waals surface area (Å²) in [7, 11) is 0. The molecule has 0 fully saturated rings. The fourth-order valence-electron chi connectivity index (χ4n) is 3.11. The number of nitrogens with zero attached hydrogens (tertiary/aromatic N) is 1. The summed E-state index contributed by atoms with van der Waals surface area (Å²) in [6.07, 6.45) is 2.99. The van der Waals surface area contributed by atoms with Crippen LogP contribution in [0.25, 0.3) is 0 Å². The minimum Gasteiger partial charge on any atom is -0.383 e. The lowest BCUT2D eigenvalue weighted by atomic mass is 9.96. The minimum atomic E-state index is -1.03. The number of aliphatic hydroxyl groups is 1. The van der Waals surface area contributed by atoms with E-state index in [1.807, 2.05) is 31.2 Å². The number of aryl methyl sites for hydroxylation is 2. The number of aromatic nitrogens is 1. The van der Waals surface area contributed by atoms with Crippen molar-refractivity contribution in [1.82, 2.24) is 9.88 Å². The van der Waals surface area contributed by atoms with Crippen LogP contribution in [0.15, 0.2) is 47.4 Å². The zero-order valence-electron chi connectivity index (χ0n) is 13.6. The van der Waals surface area contributed by atoms with Gasteiger partial charge in [0.25, 0.3) is 5.56 Å². The maximum atomic E-state index is 12.1. The van der Waals surface area contributed by atoms with Gasteiger partial charge in [0.1, 0.15) is 5.60 Å². The maximum Gasteiger partial charge on any atom is 0.319 e. The molecule has 0 saturated heterocycles. The van der Waals surface area contributed by atoms with Gasteiger partial charge in [0, 0.05) is 18.8 Å². The van der Waals surface area contributed by atoms with Crippen LogP contribution in [0.3, 0.4) is 0 Å². The minimum absolute atomic E-state index is 0.111. The molecule has 0 bridgehead atoms. The molecule has 2 amide bonds. The molecule has 0 saturated carbocycles. The summed E-state index contributed by atoms with van der Waals surface area (Å²) in [5.41, 5.74) is 1.39. The van der Waals surface area contributed by atoms with Crippen molar-refractivity contribution in [3.8, 4) is 0 Å². The van der Waals surface area contributed by atoms with Crippen molar-refractivity contribution in [2.24, 2.45) is 0 Å². The number of benzene rings is 1. The lowest BCUT2D eigenvalue weighted by molar-refractivity contribution is 0.0417. The van der Waals surface area contributed by atoms with Gasteiger partial charge >= 0.3 is 6.03 Å². The van der Waals surface area contributed by atoms with Crippen LogP contribution in [-0.4, -0.2) is 22.2 Å². The Kier molecular flexibility index (Phi) is 4.40. The molecule has 126 valence electrons. The number of hydrogen-bond acceptors (Lipinski definition) is 3. The topological polar surface area (TPSA) is 83.4 Å². The third-order valence-electron chi connectivity index (χ3n) is 4.45. The molecular formula is C18H21N3O3. The summed E-state index contributed by atoms with van der Waals surface area (Å²) < 4.78 is 1.51. The highest BCUT2D eigenvalue weighted by atomic mass is 16.3. The van der Waals surface area contributed by atoms with E-state index in [0.29, 0.717) is 18.7 Å². The lowest BCUT2D eigenvalue weighted by Crippen LogP contribution is -2.41. The molecule has 1 heterocycles. The summed E-state index contributed by atoms with van der Waals surface area (Å²) >= 11 is 0. The Morgan fingerprint density at radius 1 is 1.29 bits per heavy atom. The number of urea groups is 1. The quantitative estimate of drug-likeness (QED) is 0.801. The lowest BCUT2D eigenvalue weighted by Gasteiger charge is -2.24. The summed E-state index contributed by atoms with van der Waals surface area (Å²) in [6, 6.07) is 10.3. The number of amides is 2. The molecule has 2 aromatic rings. The number of nitrogens with one attached hydrogen (secondary N) is 2. The van der Waals surface area contributed by atoms with E-state index in [4.69, 9.17) is 0 Å². The molecule has 1 aliphatic rings. The van der Waals surface area contributed by atoms with Crippen LogP contribution in [-0.2, 0) is 18.6 Å². The Morgan fingerprint density at radius 2 is 2.08 bits per heavy atom. The normalized spacial score (nSPS) is 18.9. The Bertz CT molecular complexity index is 815. The van der Waals surface area contributed by atoms with Crippen LogP contribution in [0.1, 0.15) is 24.5 Å². The number of carbonyl (C=O) groups excluding carboxylic acids is 1. The Morgan fingerprint density at radius 3 is 2.88 bits per heavy atom. The van der Waals surface area contributed by atoms with Crippen LogP contribution >= 0.6 is 0 Å². The van der Waals surface area contributed by atoms with Gasteiger partial charge in [-0.2, -0.15) is 0 Å². The van der Waals surface area contributed by atoms with Crippen molar-refractivity contribution in [3.05, 3.63) is 64.1 Å². The predicted octanol–water partition coefficient (Wildman–Crippen LogP) is 1.82. The Balaban J connectivity index is 1.63. The van der Waals surface area contributed by atoms with Gasteiger partial charge in [-0.25, -0.2) is 4.79 Å². The standard InChI is InChI=1S/C18H21N3O3/c1-2-21-11-14(7-8-16(21)22)20-17(23)19-12-18(24)10-9-13-5-3-4-6-15(13)18/h3-8,11,24H,2,9-10,12H2,1H3,(H2,19,20,23). The molecule has 1 aromatic heterocycles. The van der Waals surface area contributed by atoms with Crippen LogP contribution in [0.4, 0.5) is 10.5 Å². The van der Waals surface area contributed by atoms with E-state index in [1.165, 1.54) is 10.6 Å². The van der Waals surface area contributed by atoms with Gasteiger partial charge in [0.05, 0.1) is 12.2 Å². The molecule has 1 aliphatic carbocycles.